The van der Waals surface area contributed by atoms with Crippen LogP contribution in [0.15, 0.2) is 59.4 Å². The maximum atomic E-state index is 12.6. The molecule has 26 heavy (non-hydrogen) atoms. The molecule has 0 saturated heterocycles. The van der Waals surface area contributed by atoms with Gasteiger partial charge in [-0.05, 0) is 24.6 Å². The molecule has 6 nitrogen and oxygen atoms in total. The third kappa shape index (κ3) is 3.97. The zero-order chi connectivity index (χ0) is 18.5. The highest BCUT2D eigenvalue weighted by atomic mass is 16.2. The van der Waals surface area contributed by atoms with Crippen LogP contribution in [-0.2, 0) is 11.3 Å². The molecule has 0 bridgehead atoms. The normalized spacial score (nSPS) is 12.1. The molecule has 0 aliphatic carbocycles. The highest BCUT2D eigenvalue weighted by Crippen LogP contribution is 2.15. The van der Waals surface area contributed by atoms with Crippen molar-refractivity contribution in [2.24, 2.45) is 5.73 Å². The van der Waals surface area contributed by atoms with E-state index in [1.807, 2.05) is 43.3 Å². The number of hydrogen-bond acceptors (Lipinski definition) is 4. The van der Waals surface area contributed by atoms with Gasteiger partial charge in [0.15, 0.2) is 0 Å². The van der Waals surface area contributed by atoms with Gasteiger partial charge in [0.05, 0.1) is 17.4 Å². The van der Waals surface area contributed by atoms with Gasteiger partial charge in [-0.3, -0.25) is 9.59 Å². The van der Waals surface area contributed by atoms with Crippen molar-refractivity contribution in [1.82, 2.24) is 14.9 Å². The molecule has 3 rings (SSSR count). The molecule has 0 fully saturated rings. The van der Waals surface area contributed by atoms with Gasteiger partial charge in [0, 0.05) is 19.0 Å². The standard InChI is InChI=1S/C20H22N4O2/c1-2-24(19(25)12-16(21)14-8-4-3-5-9-14)13-18-22-17-11-7-6-10-15(17)20(26)23-18/h3-11,16H,2,12-13,21H2,1H3,(H,22,23,26). The molecule has 0 aliphatic heterocycles. The number of carbonyl (C=O) groups is 1. The number of nitrogens with one attached hydrogen (secondary N) is 1. The lowest BCUT2D eigenvalue weighted by Gasteiger charge is -2.22. The van der Waals surface area contributed by atoms with E-state index in [0.717, 1.165) is 5.56 Å². The van der Waals surface area contributed by atoms with Gasteiger partial charge in [-0.15, -0.1) is 0 Å². The molecule has 2 aromatic carbocycles. The fourth-order valence-electron chi connectivity index (χ4n) is 2.90. The van der Waals surface area contributed by atoms with Crippen molar-refractivity contribution >= 4 is 16.8 Å². The van der Waals surface area contributed by atoms with Crippen LogP contribution in [0.1, 0.15) is 30.8 Å². The molecule has 1 atom stereocenters. The van der Waals surface area contributed by atoms with Crippen LogP contribution in [-0.4, -0.2) is 27.3 Å². The molecule has 3 aromatic rings. The zero-order valence-electron chi connectivity index (χ0n) is 14.7. The molecule has 3 N–H and O–H groups in total. The summed E-state index contributed by atoms with van der Waals surface area (Å²) in [5.74, 6) is 0.400. The van der Waals surface area contributed by atoms with Crippen molar-refractivity contribution in [3.8, 4) is 0 Å². The second kappa shape index (κ2) is 7.93. The van der Waals surface area contributed by atoms with Crippen molar-refractivity contribution in [2.45, 2.75) is 25.9 Å². The summed E-state index contributed by atoms with van der Waals surface area (Å²) in [6.45, 7) is 2.65. The number of carbonyl (C=O) groups excluding carboxylic acids is 1. The number of para-hydroxylation sites is 1. The van der Waals surface area contributed by atoms with Crippen LogP contribution in [0.2, 0.25) is 0 Å². The molecule has 1 aromatic heterocycles. The van der Waals surface area contributed by atoms with E-state index in [4.69, 9.17) is 5.73 Å². The first-order valence-corrected chi connectivity index (χ1v) is 8.64. The average Bonchev–Trinajstić information content (AvgIpc) is 2.66. The molecule has 0 aliphatic rings. The molecule has 0 saturated carbocycles. The summed E-state index contributed by atoms with van der Waals surface area (Å²) in [6, 6.07) is 16.3. The Kier molecular flexibility index (Phi) is 5.43. The Morgan fingerprint density at radius 1 is 1.15 bits per heavy atom. The van der Waals surface area contributed by atoms with Gasteiger partial charge in [0.25, 0.3) is 5.56 Å². The Morgan fingerprint density at radius 3 is 2.58 bits per heavy atom. The van der Waals surface area contributed by atoms with E-state index in [1.54, 1.807) is 23.1 Å². The van der Waals surface area contributed by atoms with Gasteiger partial charge in [-0.1, -0.05) is 42.5 Å². The van der Waals surface area contributed by atoms with Gasteiger partial charge < -0.3 is 15.6 Å². The Hall–Kier alpha value is -2.99. The average molecular weight is 350 g/mol. The lowest BCUT2D eigenvalue weighted by Crippen LogP contribution is -2.34. The zero-order valence-corrected chi connectivity index (χ0v) is 14.7. The van der Waals surface area contributed by atoms with Gasteiger partial charge >= 0.3 is 0 Å². The molecular weight excluding hydrogens is 328 g/mol. The topological polar surface area (TPSA) is 92.1 Å². The highest BCUT2D eigenvalue weighted by molar-refractivity contribution is 5.78. The number of aromatic nitrogens is 2. The summed E-state index contributed by atoms with van der Waals surface area (Å²) >= 11 is 0. The van der Waals surface area contributed by atoms with Crippen LogP contribution in [0, 0.1) is 0 Å². The van der Waals surface area contributed by atoms with Crippen molar-refractivity contribution in [1.29, 1.82) is 0 Å². The van der Waals surface area contributed by atoms with E-state index < -0.39 is 0 Å². The smallest absolute Gasteiger partial charge is 0.258 e. The summed E-state index contributed by atoms with van der Waals surface area (Å²) in [4.78, 5) is 33.7. The number of amides is 1. The lowest BCUT2D eigenvalue weighted by atomic mass is 10.0. The Labute approximate surface area is 151 Å². The van der Waals surface area contributed by atoms with Gasteiger partial charge in [0.1, 0.15) is 5.82 Å². The van der Waals surface area contributed by atoms with E-state index in [2.05, 4.69) is 9.97 Å². The number of nitrogens with two attached hydrogens (primary N) is 1. The van der Waals surface area contributed by atoms with Crippen molar-refractivity contribution in [3.05, 3.63) is 76.3 Å². The maximum Gasteiger partial charge on any atom is 0.258 e. The van der Waals surface area contributed by atoms with E-state index in [9.17, 15) is 9.59 Å². The summed E-state index contributed by atoms with van der Waals surface area (Å²) in [7, 11) is 0. The third-order valence-corrected chi connectivity index (χ3v) is 4.36. The number of benzene rings is 2. The van der Waals surface area contributed by atoms with Crippen LogP contribution in [0.25, 0.3) is 10.9 Å². The minimum atomic E-state index is -0.360. The molecule has 134 valence electrons. The molecule has 1 unspecified atom stereocenters. The van der Waals surface area contributed by atoms with Crippen molar-refractivity contribution < 1.29 is 4.79 Å². The highest BCUT2D eigenvalue weighted by Gasteiger charge is 2.18. The van der Waals surface area contributed by atoms with E-state index in [1.165, 1.54) is 0 Å². The molecule has 6 heteroatoms. The maximum absolute atomic E-state index is 12.6. The number of aromatic amines is 1. The summed E-state index contributed by atoms with van der Waals surface area (Å²) in [5, 5.41) is 0.539. The minimum Gasteiger partial charge on any atom is -0.335 e. The SMILES string of the molecule is CCN(Cc1nc2ccccc2c(=O)[nH]1)C(=O)CC(N)c1ccccc1. The van der Waals surface area contributed by atoms with Gasteiger partial charge in [-0.25, -0.2) is 4.98 Å². The van der Waals surface area contributed by atoms with Crippen LogP contribution in [0.4, 0.5) is 0 Å². The molecule has 0 radical (unpaired) electrons. The summed E-state index contributed by atoms with van der Waals surface area (Å²) in [6.07, 6.45) is 0.204. The first-order valence-electron chi connectivity index (χ1n) is 8.64. The minimum absolute atomic E-state index is 0.0698. The number of hydrogen-bond donors (Lipinski definition) is 2. The van der Waals surface area contributed by atoms with Crippen molar-refractivity contribution in [2.75, 3.05) is 6.54 Å². The molecule has 0 spiro atoms. The number of rotatable bonds is 6. The predicted octanol–water partition coefficient (Wildman–Crippen LogP) is 2.36. The Bertz CT molecular complexity index is 953. The summed E-state index contributed by atoms with van der Waals surface area (Å²) in [5.41, 5.74) is 7.51. The third-order valence-electron chi connectivity index (χ3n) is 4.36. The monoisotopic (exact) mass is 350 g/mol. The number of H-pyrrole nitrogens is 1. The van der Waals surface area contributed by atoms with Crippen LogP contribution in [0.5, 0.6) is 0 Å². The largest absolute Gasteiger partial charge is 0.335 e. The number of fused-ring (bicyclic) bond motifs is 1. The van der Waals surface area contributed by atoms with E-state index in [-0.39, 0.29) is 30.5 Å². The van der Waals surface area contributed by atoms with Crippen LogP contribution < -0.4 is 11.3 Å². The van der Waals surface area contributed by atoms with Crippen LogP contribution >= 0.6 is 0 Å². The first-order chi connectivity index (χ1) is 12.6. The van der Waals surface area contributed by atoms with E-state index in [0.29, 0.717) is 23.3 Å². The van der Waals surface area contributed by atoms with E-state index >= 15 is 0 Å². The second-order valence-electron chi connectivity index (χ2n) is 6.16. The van der Waals surface area contributed by atoms with Crippen LogP contribution in [0.3, 0.4) is 0 Å². The molecule has 1 heterocycles. The quantitative estimate of drug-likeness (QED) is 0.714. The lowest BCUT2D eigenvalue weighted by molar-refractivity contribution is -0.132. The summed E-state index contributed by atoms with van der Waals surface area (Å²) < 4.78 is 0. The first kappa shape index (κ1) is 17.8. The predicted molar refractivity (Wildman–Crippen MR) is 101 cm³/mol. The molecule has 1 amide bonds. The second-order valence-corrected chi connectivity index (χ2v) is 6.16. The Balaban J connectivity index is 1.75. The van der Waals surface area contributed by atoms with Gasteiger partial charge in [-0.2, -0.15) is 0 Å². The fraction of sp³-hybridized carbons (Fsp3) is 0.250. The number of nitrogens with zero attached hydrogens (tertiary/aromatic N) is 2. The Morgan fingerprint density at radius 2 is 1.85 bits per heavy atom. The van der Waals surface area contributed by atoms with Gasteiger partial charge in [0.2, 0.25) is 5.91 Å². The molecular formula is C20H22N4O2. The fourth-order valence-corrected chi connectivity index (χ4v) is 2.90. The van der Waals surface area contributed by atoms with Crippen molar-refractivity contribution in [3.63, 3.8) is 0 Å².